The first kappa shape index (κ1) is 14.4. The second-order valence-corrected chi connectivity index (χ2v) is 7.60. The van der Waals surface area contributed by atoms with Gasteiger partial charge in [0.25, 0.3) is 0 Å². The molecule has 96 valence electrons. The van der Waals surface area contributed by atoms with Gasteiger partial charge in [0.15, 0.2) is 0 Å². The van der Waals surface area contributed by atoms with Gasteiger partial charge in [-0.05, 0) is 62.0 Å². The second kappa shape index (κ2) is 6.90. The Morgan fingerprint density at radius 2 is 1.88 bits per heavy atom. The molecule has 1 N–H and O–H groups in total. The second-order valence-electron chi connectivity index (χ2n) is 6.38. The number of hydrogen-bond donors (Lipinski definition) is 1. The molecule has 1 heterocycles. The van der Waals surface area contributed by atoms with E-state index in [2.05, 4.69) is 44.9 Å². The predicted octanol–water partition coefficient (Wildman–Crippen LogP) is 3.93. The average molecular weight is 243 g/mol. The van der Waals surface area contributed by atoms with E-state index < -0.39 is 0 Å². The maximum absolute atomic E-state index is 3.52. The summed E-state index contributed by atoms with van der Waals surface area (Å²) in [6, 6.07) is 0.743. The maximum Gasteiger partial charge on any atom is 0.00669 e. The lowest BCUT2D eigenvalue weighted by Crippen LogP contribution is -2.30. The Kier molecular flexibility index (Phi) is 6.20. The van der Waals surface area contributed by atoms with Crippen molar-refractivity contribution < 1.29 is 0 Å². The Morgan fingerprint density at radius 3 is 2.38 bits per heavy atom. The highest BCUT2D eigenvalue weighted by Gasteiger charge is 2.20. The first-order valence-corrected chi connectivity index (χ1v) is 7.92. The molecule has 0 saturated carbocycles. The highest BCUT2D eigenvalue weighted by Crippen LogP contribution is 2.29. The van der Waals surface area contributed by atoms with Crippen LogP contribution in [0.15, 0.2) is 0 Å². The molecule has 1 fully saturated rings. The molecule has 1 nitrogen and oxygen atoms in total. The molecular weight excluding hydrogens is 214 g/mol. The normalized spacial score (nSPS) is 21.0. The molecule has 1 rings (SSSR count). The maximum atomic E-state index is 3.52. The Bertz CT molecular complexity index is 180. The zero-order valence-electron chi connectivity index (χ0n) is 11.5. The molecule has 1 unspecified atom stereocenters. The van der Waals surface area contributed by atoms with E-state index >= 15 is 0 Å². The minimum absolute atomic E-state index is 0.484. The molecule has 0 aromatic carbocycles. The molecule has 0 aromatic heterocycles. The third-order valence-corrected chi connectivity index (χ3v) is 4.66. The quantitative estimate of drug-likeness (QED) is 0.785. The number of rotatable bonds is 5. The fourth-order valence-corrected chi connectivity index (χ4v) is 3.58. The minimum atomic E-state index is 0.484. The van der Waals surface area contributed by atoms with Crippen molar-refractivity contribution >= 4 is 11.8 Å². The summed E-state index contributed by atoms with van der Waals surface area (Å²) in [6.45, 7) is 7.03. The van der Waals surface area contributed by atoms with E-state index in [1.807, 2.05) is 0 Å². The molecule has 1 aliphatic heterocycles. The lowest BCUT2D eigenvalue weighted by Gasteiger charge is -2.28. The highest BCUT2D eigenvalue weighted by atomic mass is 32.2. The zero-order chi connectivity index (χ0) is 12.0. The van der Waals surface area contributed by atoms with Crippen molar-refractivity contribution in [2.24, 2.45) is 11.3 Å². The predicted molar refractivity (Wildman–Crippen MR) is 76.2 cm³/mol. The number of hydrogen-bond acceptors (Lipinski definition) is 2. The van der Waals surface area contributed by atoms with Crippen molar-refractivity contribution in [2.45, 2.75) is 58.9 Å². The van der Waals surface area contributed by atoms with Crippen molar-refractivity contribution in [3.63, 3.8) is 0 Å². The molecule has 0 amide bonds. The van der Waals surface area contributed by atoms with Crippen LogP contribution in [-0.4, -0.2) is 24.6 Å². The molecule has 1 saturated heterocycles. The first-order chi connectivity index (χ1) is 7.51. The van der Waals surface area contributed by atoms with Gasteiger partial charge in [0.1, 0.15) is 0 Å². The van der Waals surface area contributed by atoms with Crippen LogP contribution in [0.3, 0.4) is 0 Å². The van der Waals surface area contributed by atoms with E-state index in [4.69, 9.17) is 0 Å². The minimum Gasteiger partial charge on any atom is -0.317 e. The molecule has 2 heteroatoms. The van der Waals surface area contributed by atoms with Crippen molar-refractivity contribution in [2.75, 3.05) is 18.6 Å². The molecule has 0 spiro atoms. The van der Waals surface area contributed by atoms with E-state index in [9.17, 15) is 0 Å². The lowest BCUT2D eigenvalue weighted by atomic mass is 9.85. The van der Waals surface area contributed by atoms with Gasteiger partial charge in [0.05, 0.1) is 0 Å². The van der Waals surface area contributed by atoms with Crippen LogP contribution in [0.5, 0.6) is 0 Å². The monoisotopic (exact) mass is 243 g/mol. The summed E-state index contributed by atoms with van der Waals surface area (Å²) in [5.41, 5.74) is 0.484. The van der Waals surface area contributed by atoms with Crippen molar-refractivity contribution in [1.29, 1.82) is 0 Å². The van der Waals surface area contributed by atoms with Gasteiger partial charge in [0.2, 0.25) is 0 Å². The topological polar surface area (TPSA) is 12.0 Å². The Hall–Kier alpha value is 0.310. The Balaban J connectivity index is 2.25. The Morgan fingerprint density at radius 1 is 1.25 bits per heavy atom. The van der Waals surface area contributed by atoms with Gasteiger partial charge in [-0.15, -0.1) is 0 Å². The van der Waals surface area contributed by atoms with Gasteiger partial charge in [-0.2, -0.15) is 11.8 Å². The van der Waals surface area contributed by atoms with Crippen molar-refractivity contribution in [3.8, 4) is 0 Å². The van der Waals surface area contributed by atoms with Crippen molar-refractivity contribution in [3.05, 3.63) is 0 Å². The van der Waals surface area contributed by atoms with Crippen LogP contribution >= 0.6 is 11.8 Å². The number of nitrogens with one attached hydrogen (secondary N) is 1. The smallest absolute Gasteiger partial charge is 0.00669 e. The van der Waals surface area contributed by atoms with Crippen LogP contribution in [0, 0.1) is 11.3 Å². The van der Waals surface area contributed by atoms with Gasteiger partial charge in [-0.1, -0.05) is 20.8 Å². The summed E-state index contributed by atoms with van der Waals surface area (Å²) in [4.78, 5) is 0. The standard InChI is InChI=1S/C14H29NS/c1-14(2,3)8-5-13(15-4)11-12-6-9-16-10-7-12/h12-13,15H,5-11H2,1-4H3. The molecule has 0 aromatic rings. The van der Waals surface area contributed by atoms with Gasteiger partial charge in [-0.25, -0.2) is 0 Å². The van der Waals surface area contributed by atoms with Crippen molar-refractivity contribution in [1.82, 2.24) is 5.32 Å². The van der Waals surface area contributed by atoms with Crippen LogP contribution in [0.4, 0.5) is 0 Å². The van der Waals surface area contributed by atoms with Gasteiger partial charge in [0, 0.05) is 6.04 Å². The van der Waals surface area contributed by atoms with Crippen LogP contribution in [0.1, 0.15) is 52.9 Å². The SMILES string of the molecule is CNC(CCC(C)(C)C)CC1CCSCC1. The van der Waals surface area contributed by atoms with E-state index in [0.29, 0.717) is 5.41 Å². The van der Waals surface area contributed by atoms with Crippen LogP contribution < -0.4 is 5.32 Å². The fourth-order valence-electron chi connectivity index (χ4n) is 2.37. The molecule has 1 aliphatic rings. The average Bonchev–Trinajstić information content (AvgIpc) is 2.24. The molecule has 0 aliphatic carbocycles. The zero-order valence-corrected chi connectivity index (χ0v) is 12.3. The van der Waals surface area contributed by atoms with E-state index in [1.165, 1.54) is 43.6 Å². The third-order valence-electron chi connectivity index (χ3n) is 3.61. The third kappa shape index (κ3) is 6.15. The number of thioether (sulfide) groups is 1. The molecule has 16 heavy (non-hydrogen) atoms. The van der Waals surface area contributed by atoms with Crippen LogP contribution in [0.25, 0.3) is 0 Å². The van der Waals surface area contributed by atoms with Gasteiger partial charge >= 0.3 is 0 Å². The van der Waals surface area contributed by atoms with Crippen LogP contribution in [-0.2, 0) is 0 Å². The molecule has 1 atom stereocenters. The molecule has 0 bridgehead atoms. The first-order valence-electron chi connectivity index (χ1n) is 6.76. The van der Waals surface area contributed by atoms with E-state index in [0.717, 1.165) is 12.0 Å². The fraction of sp³-hybridized carbons (Fsp3) is 1.00. The largest absolute Gasteiger partial charge is 0.317 e. The van der Waals surface area contributed by atoms with Crippen LogP contribution in [0.2, 0.25) is 0 Å². The van der Waals surface area contributed by atoms with E-state index in [1.54, 1.807) is 0 Å². The lowest BCUT2D eigenvalue weighted by molar-refractivity contribution is 0.301. The molecule has 0 radical (unpaired) electrons. The Labute approximate surface area is 106 Å². The summed E-state index contributed by atoms with van der Waals surface area (Å²) in [5, 5.41) is 3.52. The summed E-state index contributed by atoms with van der Waals surface area (Å²) in [7, 11) is 2.13. The summed E-state index contributed by atoms with van der Waals surface area (Å²) >= 11 is 2.13. The molecular formula is C14H29NS. The van der Waals surface area contributed by atoms with Gasteiger partial charge < -0.3 is 5.32 Å². The van der Waals surface area contributed by atoms with Gasteiger partial charge in [-0.3, -0.25) is 0 Å². The summed E-state index contributed by atoms with van der Waals surface area (Å²) in [6.07, 6.45) is 6.95. The summed E-state index contributed by atoms with van der Waals surface area (Å²) < 4.78 is 0. The summed E-state index contributed by atoms with van der Waals surface area (Å²) in [5.74, 6) is 3.76. The van der Waals surface area contributed by atoms with E-state index in [-0.39, 0.29) is 0 Å². The highest BCUT2D eigenvalue weighted by molar-refractivity contribution is 7.99.